The van der Waals surface area contributed by atoms with Gasteiger partial charge in [0.15, 0.2) is 11.5 Å². The molecule has 0 fully saturated rings. The molecule has 1 aromatic carbocycles. The maximum Gasteiger partial charge on any atom is 0.319 e. The van der Waals surface area contributed by atoms with Gasteiger partial charge in [0.1, 0.15) is 23.5 Å². The average molecular weight is 570 g/mol. The molecule has 0 radical (unpaired) electrons. The minimum Gasteiger partial charge on any atom is -0.493 e. The molecule has 10 nitrogen and oxygen atoms in total. The van der Waals surface area contributed by atoms with Gasteiger partial charge in [0, 0.05) is 28.8 Å². The van der Waals surface area contributed by atoms with Crippen LogP contribution in [0.15, 0.2) is 75.1 Å². The van der Waals surface area contributed by atoms with Gasteiger partial charge >= 0.3 is 5.97 Å². The van der Waals surface area contributed by atoms with Crippen molar-refractivity contribution in [1.82, 2.24) is 4.57 Å². The molecule has 2 aliphatic rings. The fourth-order valence-electron chi connectivity index (χ4n) is 4.85. The van der Waals surface area contributed by atoms with E-state index in [0.717, 1.165) is 35.4 Å². The molecule has 11 heteroatoms. The van der Waals surface area contributed by atoms with E-state index in [1.165, 1.54) is 0 Å². The molecule has 2 N–H and O–H groups in total. The standard InChI is InChI=1S/C29H36ClN5O5/c1-6-39-28(36)29(2,3)27(31)33-34-32-15-14-23-22-10-8-16-35(22)21-13-12-18(30)17-20(21)25(40-23)19-9-7-11-24(37-4)26(19)38-5/h8,10-13,16-17,23,25H,6-7,9,14-15H2,1-5H3,(H2,31,32,33)/t23-,25-/m1/s1. The Balaban J connectivity index is 1.63. The van der Waals surface area contributed by atoms with E-state index in [2.05, 4.69) is 20.0 Å². The highest BCUT2D eigenvalue weighted by atomic mass is 35.5. The van der Waals surface area contributed by atoms with Crippen LogP contribution < -0.4 is 5.73 Å². The third-order valence-corrected chi connectivity index (χ3v) is 7.31. The molecule has 0 unspecified atom stereocenters. The van der Waals surface area contributed by atoms with E-state index in [4.69, 9.17) is 36.3 Å². The van der Waals surface area contributed by atoms with Crippen LogP contribution >= 0.6 is 11.6 Å². The second-order valence-electron chi connectivity index (χ2n) is 9.95. The summed E-state index contributed by atoms with van der Waals surface area (Å²) in [6.45, 7) is 5.57. The minimum atomic E-state index is -1.11. The van der Waals surface area contributed by atoms with E-state index < -0.39 is 17.5 Å². The summed E-state index contributed by atoms with van der Waals surface area (Å²) in [6, 6.07) is 9.85. The molecule has 214 valence electrons. The highest BCUT2D eigenvalue weighted by Gasteiger charge is 2.35. The zero-order valence-corrected chi connectivity index (χ0v) is 24.3. The molecular weight excluding hydrogens is 534 g/mol. The van der Waals surface area contributed by atoms with Gasteiger partial charge in [0.25, 0.3) is 0 Å². The number of nitrogens with zero attached hydrogens (tertiary/aromatic N) is 4. The minimum absolute atomic E-state index is 0.0278. The Morgan fingerprint density at radius 3 is 2.77 bits per heavy atom. The number of carbonyl (C=O) groups is 1. The molecule has 0 spiro atoms. The number of benzene rings is 1. The number of ether oxygens (including phenoxy) is 4. The number of fused-ring (bicyclic) bond motifs is 3. The highest BCUT2D eigenvalue weighted by molar-refractivity contribution is 6.30. The van der Waals surface area contributed by atoms with Gasteiger partial charge in [-0.3, -0.25) is 4.79 Å². The summed E-state index contributed by atoms with van der Waals surface area (Å²) < 4.78 is 25.5. The van der Waals surface area contributed by atoms with E-state index in [1.54, 1.807) is 35.0 Å². The number of methoxy groups -OCH3 is 2. The molecule has 1 aliphatic heterocycles. The van der Waals surface area contributed by atoms with Crippen LogP contribution in [0.2, 0.25) is 5.02 Å². The van der Waals surface area contributed by atoms with Crippen molar-refractivity contribution in [2.24, 2.45) is 26.6 Å². The van der Waals surface area contributed by atoms with E-state index in [9.17, 15) is 4.79 Å². The average Bonchev–Trinajstić information content (AvgIpc) is 3.39. The number of halogens is 1. The summed E-state index contributed by atoms with van der Waals surface area (Å²) in [5.41, 5.74) is 8.79. The zero-order valence-electron chi connectivity index (χ0n) is 23.5. The fourth-order valence-corrected chi connectivity index (χ4v) is 5.03. The van der Waals surface area contributed by atoms with Gasteiger partial charge < -0.3 is 29.2 Å². The van der Waals surface area contributed by atoms with Crippen molar-refractivity contribution in [2.45, 2.75) is 52.2 Å². The molecule has 0 saturated carbocycles. The zero-order chi connectivity index (χ0) is 28.9. The Bertz CT molecular complexity index is 1360. The molecule has 0 saturated heterocycles. The molecule has 2 heterocycles. The molecule has 1 aromatic heterocycles. The summed E-state index contributed by atoms with van der Waals surface area (Å²) in [6.07, 6.45) is 5.34. The number of hydrogen-bond donors (Lipinski definition) is 1. The van der Waals surface area contributed by atoms with E-state index in [1.807, 2.05) is 42.6 Å². The summed E-state index contributed by atoms with van der Waals surface area (Å²) >= 11 is 6.48. The van der Waals surface area contributed by atoms with Crippen molar-refractivity contribution < 1.29 is 23.7 Å². The second kappa shape index (κ2) is 12.7. The normalized spacial score (nSPS) is 19.6. The lowest BCUT2D eigenvalue weighted by molar-refractivity contribution is -0.149. The maximum absolute atomic E-state index is 12.2. The first-order chi connectivity index (χ1) is 19.2. The Kier molecular flexibility index (Phi) is 9.32. The Hall–Kier alpha value is -3.63. The lowest BCUT2D eigenvalue weighted by atomic mass is 9.91. The van der Waals surface area contributed by atoms with Gasteiger partial charge in [-0.15, -0.1) is 5.10 Å². The first-order valence-electron chi connectivity index (χ1n) is 13.2. The first kappa shape index (κ1) is 29.4. The number of nitrogens with two attached hydrogens (primary N) is 1. The quantitative estimate of drug-likeness (QED) is 0.120. The van der Waals surface area contributed by atoms with Gasteiger partial charge in [0.2, 0.25) is 0 Å². The van der Waals surface area contributed by atoms with E-state index >= 15 is 0 Å². The fraction of sp³-hybridized carbons (Fsp3) is 0.448. The second-order valence-corrected chi connectivity index (χ2v) is 10.4. The lowest BCUT2D eigenvalue weighted by Crippen LogP contribution is -2.40. The van der Waals surface area contributed by atoms with Gasteiger partial charge in [-0.05, 0) is 75.2 Å². The first-order valence-corrected chi connectivity index (χ1v) is 13.6. The maximum atomic E-state index is 12.2. The number of rotatable bonds is 10. The van der Waals surface area contributed by atoms with Crippen molar-refractivity contribution in [3.63, 3.8) is 0 Å². The molecular formula is C29H36ClN5O5. The van der Waals surface area contributed by atoms with E-state index in [0.29, 0.717) is 29.5 Å². The number of hydrogen-bond acceptors (Lipinski definition) is 7. The summed E-state index contributed by atoms with van der Waals surface area (Å²) in [5, 5.41) is 12.7. The predicted octanol–water partition coefficient (Wildman–Crippen LogP) is 6.17. The third kappa shape index (κ3) is 5.93. The molecule has 2 aromatic rings. The number of allylic oxidation sites excluding steroid dienone is 1. The lowest BCUT2D eigenvalue weighted by Gasteiger charge is -2.29. The van der Waals surface area contributed by atoms with Crippen LogP contribution in [0.4, 0.5) is 0 Å². The third-order valence-electron chi connectivity index (χ3n) is 7.07. The SMILES string of the molecule is CCOC(=O)C(C)(C)/C(N)=N/N=NCC[C@H]1O[C@H](C2=C(OC)C(OC)=CCC2)c2cc(Cl)ccc2-n2cccc21. The number of carbonyl (C=O) groups excluding carboxylic acids is 1. The highest BCUT2D eigenvalue weighted by Crippen LogP contribution is 2.46. The van der Waals surface area contributed by atoms with Crippen LogP contribution in [-0.2, 0) is 23.7 Å². The summed E-state index contributed by atoms with van der Waals surface area (Å²) in [4.78, 5) is 12.2. The Morgan fingerprint density at radius 2 is 2.05 bits per heavy atom. The predicted molar refractivity (Wildman–Crippen MR) is 152 cm³/mol. The molecule has 0 bridgehead atoms. The molecule has 2 atom stereocenters. The van der Waals surface area contributed by atoms with Crippen LogP contribution in [0.25, 0.3) is 5.69 Å². The number of esters is 1. The van der Waals surface area contributed by atoms with Gasteiger partial charge in [-0.1, -0.05) is 11.6 Å². The van der Waals surface area contributed by atoms with Crippen molar-refractivity contribution >= 4 is 23.4 Å². The van der Waals surface area contributed by atoms with Crippen LogP contribution in [0.1, 0.15) is 63.5 Å². The Morgan fingerprint density at radius 1 is 1.25 bits per heavy atom. The molecule has 4 rings (SSSR count). The van der Waals surface area contributed by atoms with E-state index in [-0.39, 0.29) is 18.5 Å². The van der Waals surface area contributed by atoms with Crippen LogP contribution in [0.3, 0.4) is 0 Å². The van der Waals surface area contributed by atoms with Crippen molar-refractivity contribution in [1.29, 1.82) is 0 Å². The summed E-state index contributed by atoms with van der Waals surface area (Å²) in [5.74, 6) is 0.916. The topological polar surface area (TPSA) is 122 Å². The molecule has 0 amide bonds. The van der Waals surface area contributed by atoms with Gasteiger partial charge in [-0.25, -0.2) is 0 Å². The van der Waals surface area contributed by atoms with Crippen LogP contribution in [-0.4, -0.2) is 43.7 Å². The van der Waals surface area contributed by atoms with Gasteiger partial charge in [0.05, 0.1) is 38.8 Å². The van der Waals surface area contributed by atoms with Crippen molar-refractivity contribution in [3.05, 3.63) is 76.0 Å². The van der Waals surface area contributed by atoms with Gasteiger partial charge in [-0.2, -0.15) is 5.11 Å². The van der Waals surface area contributed by atoms with Crippen molar-refractivity contribution in [3.8, 4) is 5.69 Å². The van der Waals surface area contributed by atoms with Crippen molar-refractivity contribution in [2.75, 3.05) is 27.4 Å². The van der Waals surface area contributed by atoms with Crippen LogP contribution in [0, 0.1) is 5.41 Å². The number of aromatic nitrogens is 1. The molecule has 1 aliphatic carbocycles. The smallest absolute Gasteiger partial charge is 0.319 e. The van der Waals surface area contributed by atoms with Crippen LogP contribution in [0.5, 0.6) is 0 Å². The monoisotopic (exact) mass is 569 g/mol. The Labute approximate surface area is 239 Å². The summed E-state index contributed by atoms with van der Waals surface area (Å²) in [7, 11) is 3.27. The largest absolute Gasteiger partial charge is 0.493 e. The molecule has 40 heavy (non-hydrogen) atoms. The number of amidine groups is 1.